The van der Waals surface area contributed by atoms with E-state index in [2.05, 4.69) is 9.71 Å². The molecule has 1 aromatic rings. The molecule has 7 nitrogen and oxygen atoms in total. The maximum absolute atomic E-state index is 11.7. The quantitative estimate of drug-likeness (QED) is 0.628. The number of aliphatic hydroxyl groups excluding tert-OH is 1. The Morgan fingerprint density at radius 1 is 1.56 bits per heavy atom. The molecule has 1 atom stereocenters. The molecule has 1 rings (SSSR count). The summed E-state index contributed by atoms with van der Waals surface area (Å²) in [5.41, 5.74) is 0. The zero-order valence-electron chi connectivity index (χ0n) is 9.08. The fourth-order valence-electron chi connectivity index (χ4n) is 1.10. The first-order valence-corrected chi connectivity index (χ1v) is 6.72. The third-order valence-electron chi connectivity index (χ3n) is 2.01. The number of aromatic nitrogens is 1. The number of carbonyl (C=O) groups is 1. The number of rotatable bonds is 6. The van der Waals surface area contributed by atoms with Gasteiger partial charge in [0, 0.05) is 12.7 Å². The van der Waals surface area contributed by atoms with Gasteiger partial charge in [-0.25, -0.2) is 22.9 Å². The molecule has 0 spiro atoms. The van der Waals surface area contributed by atoms with Crippen molar-refractivity contribution < 1.29 is 23.4 Å². The molecule has 1 aromatic heterocycles. The van der Waals surface area contributed by atoms with Crippen molar-refractivity contribution in [3.8, 4) is 0 Å². The van der Waals surface area contributed by atoms with Gasteiger partial charge in [-0.05, 0) is 18.6 Å². The predicted octanol–water partition coefficient (Wildman–Crippen LogP) is -0.151. The Morgan fingerprint density at radius 3 is 2.78 bits per heavy atom. The molecule has 0 saturated heterocycles. The molecule has 1 unspecified atom stereocenters. The number of aliphatic carboxylic acids is 1. The van der Waals surface area contributed by atoms with Gasteiger partial charge in [0.1, 0.15) is 10.0 Å². The van der Waals surface area contributed by atoms with Gasteiger partial charge >= 0.3 is 5.97 Å². The molecule has 9 heteroatoms. The van der Waals surface area contributed by atoms with Crippen molar-refractivity contribution in [1.29, 1.82) is 0 Å². The Bertz CT molecular complexity index is 534. The van der Waals surface area contributed by atoms with E-state index in [4.69, 9.17) is 21.8 Å². The van der Waals surface area contributed by atoms with E-state index in [1.807, 2.05) is 0 Å². The molecule has 0 aliphatic rings. The number of aliphatic hydroxyl groups is 1. The first-order valence-electron chi connectivity index (χ1n) is 4.85. The summed E-state index contributed by atoms with van der Waals surface area (Å²) in [6, 6.07) is 2.68. The van der Waals surface area contributed by atoms with Crippen LogP contribution in [0.1, 0.15) is 6.42 Å². The van der Waals surface area contributed by atoms with E-state index in [9.17, 15) is 13.2 Å². The van der Waals surface area contributed by atoms with Crippen LogP contribution in [-0.4, -0.2) is 42.2 Å². The molecule has 18 heavy (non-hydrogen) atoms. The molecule has 3 N–H and O–H groups in total. The fourth-order valence-corrected chi connectivity index (χ4v) is 2.60. The van der Waals surface area contributed by atoms with Crippen molar-refractivity contribution in [3.63, 3.8) is 0 Å². The van der Waals surface area contributed by atoms with Gasteiger partial charge in [-0.2, -0.15) is 0 Å². The maximum Gasteiger partial charge on any atom is 0.332 e. The van der Waals surface area contributed by atoms with Crippen LogP contribution < -0.4 is 4.72 Å². The molecule has 0 fully saturated rings. The Morgan fingerprint density at radius 2 is 2.22 bits per heavy atom. The monoisotopic (exact) mass is 294 g/mol. The summed E-state index contributed by atoms with van der Waals surface area (Å²) in [6.45, 7) is -0.221. The Kier molecular flexibility index (Phi) is 5.03. The highest BCUT2D eigenvalue weighted by Gasteiger charge is 2.19. The summed E-state index contributed by atoms with van der Waals surface area (Å²) in [5, 5.41) is 17.2. The maximum atomic E-state index is 11.7. The number of pyridine rings is 1. The molecule has 0 aliphatic carbocycles. The van der Waals surface area contributed by atoms with Gasteiger partial charge in [-0.3, -0.25) is 0 Å². The van der Waals surface area contributed by atoms with Crippen LogP contribution in [0.5, 0.6) is 0 Å². The molecular weight excluding hydrogens is 284 g/mol. The van der Waals surface area contributed by atoms with Crippen LogP contribution in [0, 0.1) is 0 Å². The summed E-state index contributed by atoms with van der Waals surface area (Å²) in [4.78, 5) is 13.7. The minimum Gasteiger partial charge on any atom is -0.479 e. The van der Waals surface area contributed by atoms with E-state index in [-0.39, 0.29) is 23.0 Å². The highest BCUT2D eigenvalue weighted by molar-refractivity contribution is 7.89. The normalized spacial score (nSPS) is 13.2. The second kappa shape index (κ2) is 6.10. The smallest absolute Gasteiger partial charge is 0.332 e. The van der Waals surface area contributed by atoms with E-state index in [0.29, 0.717) is 0 Å². The topological polar surface area (TPSA) is 117 Å². The zero-order valence-corrected chi connectivity index (χ0v) is 10.6. The summed E-state index contributed by atoms with van der Waals surface area (Å²) in [7, 11) is -3.86. The van der Waals surface area contributed by atoms with Crippen molar-refractivity contribution in [2.24, 2.45) is 0 Å². The van der Waals surface area contributed by atoms with Gasteiger partial charge in [0.25, 0.3) is 0 Å². The molecule has 0 aromatic carbocycles. The van der Waals surface area contributed by atoms with Crippen LogP contribution >= 0.6 is 11.6 Å². The van der Waals surface area contributed by atoms with Crippen molar-refractivity contribution >= 4 is 27.6 Å². The molecule has 0 saturated carbocycles. The number of nitrogens with one attached hydrogen (secondary N) is 1. The van der Waals surface area contributed by atoms with Gasteiger partial charge in [0.2, 0.25) is 10.0 Å². The average Bonchev–Trinajstić information content (AvgIpc) is 2.28. The van der Waals surface area contributed by atoms with Crippen molar-refractivity contribution in [3.05, 3.63) is 23.5 Å². The summed E-state index contributed by atoms with van der Waals surface area (Å²) in [6.07, 6.45) is -0.515. The van der Waals surface area contributed by atoms with Crippen LogP contribution in [0.3, 0.4) is 0 Å². The third kappa shape index (κ3) is 3.91. The lowest BCUT2D eigenvalue weighted by Gasteiger charge is -2.08. The number of hydrogen-bond acceptors (Lipinski definition) is 5. The number of carboxylic acids is 1. The van der Waals surface area contributed by atoms with E-state index in [1.165, 1.54) is 18.3 Å². The van der Waals surface area contributed by atoms with Gasteiger partial charge < -0.3 is 10.2 Å². The standard InChI is InChI=1S/C9H11ClN2O5S/c10-8-7(2-1-4-11-8)18(16,17)12-5-3-6(13)9(14)15/h1-2,4,6,12-13H,3,5H2,(H,14,15). The lowest BCUT2D eigenvalue weighted by molar-refractivity contribution is -0.146. The number of nitrogens with zero attached hydrogens (tertiary/aromatic N) is 1. The van der Waals surface area contributed by atoms with Gasteiger partial charge in [-0.1, -0.05) is 11.6 Å². The number of sulfonamides is 1. The lowest BCUT2D eigenvalue weighted by Crippen LogP contribution is -2.30. The summed E-state index contributed by atoms with van der Waals surface area (Å²) >= 11 is 5.63. The van der Waals surface area contributed by atoms with Gasteiger partial charge in [0.05, 0.1) is 0 Å². The Labute approximate surface area is 108 Å². The molecule has 1 heterocycles. The summed E-state index contributed by atoms with van der Waals surface area (Å²) < 4.78 is 25.6. The Balaban J connectivity index is 2.67. The average molecular weight is 295 g/mol. The van der Waals surface area contributed by atoms with Crippen LogP contribution in [0.15, 0.2) is 23.2 Å². The molecular formula is C9H11ClN2O5S. The van der Waals surface area contributed by atoms with Crippen molar-refractivity contribution in [2.75, 3.05) is 6.54 Å². The fraction of sp³-hybridized carbons (Fsp3) is 0.333. The number of carboxylic acid groups (broad SMARTS) is 1. The highest BCUT2D eigenvalue weighted by Crippen LogP contribution is 2.17. The van der Waals surface area contributed by atoms with Crippen LogP contribution in [0.25, 0.3) is 0 Å². The molecule has 0 radical (unpaired) electrons. The second-order valence-corrected chi connectivity index (χ2v) is 5.43. The van der Waals surface area contributed by atoms with Gasteiger partial charge in [0.15, 0.2) is 6.10 Å². The first-order chi connectivity index (χ1) is 8.34. The first kappa shape index (κ1) is 14.8. The molecule has 100 valence electrons. The third-order valence-corrected chi connectivity index (χ3v) is 3.92. The SMILES string of the molecule is O=C(O)C(O)CCNS(=O)(=O)c1cccnc1Cl. The van der Waals surface area contributed by atoms with Crippen molar-refractivity contribution in [2.45, 2.75) is 17.4 Å². The summed E-state index contributed by atoms with van der Waals surface area (Å²) in [5.74, 6) is -1.41. The highest BCUT2D eigenvalue weighted by atomic mass is 35.5. The molecule has 0 bridgehead atoms. The number of halogens is 1. The lowest BCUT2D eigenvalue weighted by atomic mass is 10.3. The van der Waals surface area contributed by atoms with E-state index >= 15 is 0 Å². The predicted molar refractivity (Wildman–Crippen MR) is 62.7 cm³/mol. The minimum absolute atomic E-state index is 0.177. The van der Waals surface area contributed by atoms with Gasteiger partial charge in [-0.15, -0.1) is 0 Å². The van der Waals surface area contributed by atoms with E-state index < -0.39 is 22.1 Å². The number of hydrogen-bond donors (Lipinski definition) is 3. The van der Waals surface area contributed by atoms with E-state index in [1.54, 1.807) is 0 Å². The van der Waals surface area contributed by atoms with E-state index in [0.717, 1.165) is 0 Å². The zero-order chi connectivity index (χ0) is 13.8. The minimum atomic E-state index is -3.86. The largest absolute Gasteiger partial charge is 0.479 e. The van der Waals surface area contributed by atoms with Crippen LogP contribution in [0.2, 0.25) is 5.15 Å². The second-order valence-electron chi connectivity index (χ2n) is 3.33. The molecule has 0 aliphatic heterocycles. The molecule has 0 amide bonds. The van der Waals surface area contributed by atoms with Crippen LogP contribution in [-0.2, 0) is 14.8 Å². The Hall–Kier alpha value is -1.22. The van der Waals surface area contributed by atoms with Crippen LogP contribution in [0.4, 0.5) is 0 Å². The van der Waals surface area contributed by atoms with Crippen molar-refractivity contribution in [1.82, 2.24) is 9.71 Å².